The van der Waals surface area contributed by atoms with Gasteiger partial charge in [0.1, 0.15) is 28.6 Å². The molecule has 0 atom stereocenters. The molecule has 0 amide bonds. The number of aromatic carboxylic acids is 1. The van der Waals surface area contributed by atoms with Gasteiger partial charge in [0, 0.05) is 24.6 Å². The van der Waals surface area contributed by atoms with E-state index >= 15 is 0 Å². The Labute approximate surface area is 216 Å². The van der Waals surface area contributed by atoms with Crippen molar-refractivity contribution in [1.82, 2.24) is 10.1 Å². The van der Waals surface area contributed by atoms with Crippen LogP contribution in [0, 0.1) is 17.0 Å². The van der Waals surface area contributed by atoms with Crippen molar-refractivity contribution >= 4 is 23.1 Å². The maximum Gasteiger partial charge on any atom is 0.335 e. The van der Waals surface area contributed by atoms with Crippen molar-refractivity contribution in [1.29, 1.82) is 0 Å². The number of hydrogen-bond donors (Lipinski definition) is 1. The van der Waals surface area contributed by atoms with E-state index in [-0.39, 0.29) is 40.9 Å². The molecular weight excluding hydrogens is 496 g/mol. The van der Waals surface area contributed by atoms with Crippen LogP contribution in [0.5, 0.6) is 0 Å². The molecule has 0 radical (unpaired) electrons. The zero-order valence-corrected chi connectivity index (χ0v) is 20.5. The second-order valence-electron chi connectivity index (χ2n) is 10.7. The fourth-order valence-corrected chi connectivity index (χ4v) is 5.89. The zero-order chi connectivity index (χ0) is 26.0. The van der Waals surface area contributed by atoms with Crippen LogP contribution in [0.4, 0.5) is 14.8 Å². The van der Waals surface area contributed by atoms with Gasteiger partial charge in [0.25, 0.3) is 6.01 Å². The van der Waals surface area contributed by atoms with Crippen LogP contribution in [0.15, 0.2) is 45.3 Å². The SMILES string of the molecule is O=C(O)c1ccc2nc(N3CCC4(CC(OCc5c(-c6c(F)cccc6F)noc5C5CC5)C4)C3)oc2c1. The summed E-state index contributed by atoms with van der Waals surface area (Å²) in [4.78, 5) is 17.9. The number of rotatable bonds is 7. The summed E-state index contributed by atoms with van der Waals surface area (Å²) < 4.78 is 46.7. The summed E-state index contributed by atoms with van der Waals surface area (Å²) in [7, 11) is 0. The van der Waals surface area contributed by atoms with E-state index < -0.39 is 17.6 Å². The highest BCUT2D eigenvalue weighted by atomic mass is 19.1. The molecule has 3 heterocycles. The molecule has 38 heavy (non-hydrogen) atoms. The fourth-order valence-electron chi connectivity index (χ4n) is 5.89. The van der Waals surface area contributed by atoms with Gasteiger partial charge < -0.3 is 23.7 Å². The first-order valence-corrected chi connectivity index (χ1v) is 12.8. The van der Waals surface area contributed by atoms with Crippen molar-refractivity contribution in [3.63, 3.8) is 0 Å². The molecule has 1 N–H and O–H groups in total. The predicted molar refractivity (Wildman–Crippen MR) is 132 cm³/mol. The lowest BCUT2D eigenvalue weighted by Crippen LogP contribution is -2.44. The van der Waals surface area contributed by atoms with Gasteiger partial charge in [0.2, 0.25) is 0 Å². The van der Waals surface area contributed by atoms with E-state index in [1.807, 2.05) is 0 Å². The number of fused-ring (bicyclic) bond motifs is 1. The number of hydrogen-bond acceptors (Lipinski definition) is 7. The maximum absolute atomic E-state index is 14.5. The summed E-state index contributed by atoms with van der Waals surface area (Å²) in [5, 5.41) is 13.3. The minimum absolute atomic E-state index is 0.0250. The van der Waals surface area contributed by atoms with Crippen molar-refractivity contribution in [2.45, 2.75) is 50.7 Å². The first kappa shape index (κ1) is 23.3. The highest BCUT2D eigenvalue weighted by Crippen LogP contribution is 2.51. The average Bonchev–Trinajstić information content (AvgIpc) is 3.29. The van der Waals surface area contributed by atoms with Crippen LogP contribution in [-0.4, -0.2) is 40.4 Å². The number of benzene rings is 2. The third-order valence-electron chi connectivity index (χ3n) is 8.08. The Morgan fingerprint density at radius 1 is 1.18 bits per heavy atom. The molecule has 4 aromatic rings. The van der Waals surface area contributed by atoms with Crippen LogP contribution < -0.4 is 4.90 Å². The van der Waals surface area contributed by atoms with Gasteiger partial charge in [-0.1, -0.05) is 11.2 Å². The molecule has 2 aromatic carbocycles. The van der Waals surface area contributed by atoms with E-state index in [2.05, 4.69) is 15.0 Å². The Kier molecular flexibility index (Phi) is 5.30. The lowest BCUT2D eigenvalue weighted by molar-refractivity contribution is -0.0797. The third kappa shape index (κ3) is 3.94. The number of carbonyl (C=O) groups is 1. The quantitative estimate of drug-likeness (QED) is 0.320. The number of anilines is 1. The van der Waals surface area contributed by atoms with E-state index in [0.717, 1.165) is 45.2 Å². The minimum atomic E-state index is -1.01. The average molecular weight is 522 g/mol. The fraction of sp³-hybridized carbons (Fsp3) is 0.393. The Morgan fingerprint density at radius 3 is 2.71 bits per heavy atom. The minimum Gasteiger partial charge on any atom is -0.478 e. The van der Waals surface area contributed by atoms with Crippen molar-refractivity contribution in [3.05, 3.63) is 64.9 Å². The number of oxazole rings is 1. The Balaban J connectivity index is 1.03. The highest BCUT2D eigenvalue weighted by Gasteiger charge is 2.50. The molecule has 196 valence electrons. The van der Waals surface area contributed by atoms with Gasteiger partial charge in [-0.05, 0) is 67.9 Å². The first-order chi connectivity index (χ1) is 18.4. The molecule has 10 heteroatoms. The van der Waals surface area contributed by atoms with E-state index in [1.54, 1.807) is 6.07 Å². The third-order valence-corrected chi connectivity index (χ3v) is 8.08. The summed E-state index contributed by atoms with van der Waals surface area (Å²) >= 11 is 0. The molecule has 7 rings (SSSR count). The molecule has 2 aromatic heterocycles. The van der Waals surface area contributed by atoms with Crippen LogP contribution in [0.1, 0.15) is 59.7 Å². The summed E-state index contributed by atoms with van der Waals surface area (Å²) in [6, 6.07) is 8.95. The molecule has 3 aliphatic rings. The van der Waals surface area contributed by atoms with Gasteiger partial charge >= 0.3 is 5.97 Å². The molecule has 0 unspecified atom stereocenters. The lowest BCUT2D eigenvalue weighted by atomic mass is 9.66. The zero-order valence-electron chi connectivity index (χ0n) is 20.5. The summed E-state index contributed by atoms with van der Waals surface area (Å²) in [5.41, 5.74) is 1.98. The number of nitrogens with zero attached hydrogens (tertiary/aromatic N) is 3. The van der Waals surface area contributed by atoms with Gasteiger partial charge in [-0.2, -0.15) is 4.98 Å². The smallest absolute Gasteiger partial charge is 0.335 e. The second kappa shape index (κ2) is 8.62. The van der Waals surface area contributed by atoms with Crippen molar-refractivity contribution in [2.75, 3.05) is 18.0 Å². The largest absolute Gasteiger partial charge is 0.478 e. The molecule has 2 saturated carbocycles. The summed E-state index contributed by atoms with van der Waals surface area (Å²) in [6.07, 6.45) is 4.66. The Bertz CT molecular complexity index is 1530. The van der Waals surface area contributed by atoms with Gasteiger partial charge in [0.05, 0.1) is 23.8 Å². The number of carboxylic acid groups (broad SMARTS) is 1. The van der Waals surface area contributed by atoms with E-state index in [9.17, 15) is 18.7 Å². The molecular formula is C28H25F2N3O5. The predicted octanol–water partition coefficient (Wildman–Crippen LogP) is 5.91. The lowest BCUT2D eigenvalue weighted by Gasteiger charge is -2.44. The Morgan fingerprint density at radius 2 is 1.97 bits per heavy atom. The topological polar surface area (TPSA) is 102 Å². The van der Waals surface area contributed by atoms with E-state index in [0.29, 0.717) is 28.4 Å². The number of aromatic nitrogens is 2. The second-order valence-corrected chi connectivity index (χ2v) is 10.7. The monoisotopic (exact) mass is 521 g/mol. The van der Waals surface area contributed by atoms with Gasteiger partial charge in [-0.25, -0.2) is 13.6 Å². The van der Waals surface area contributed by atoms with Crippen LogP contribution in [-0.2, 0) is 11.3 Å². The molecule has 3 fully saturated rings. The van der Waals surface area contributed by atoms with Crippen LogP contribution in [0.25, 0.3) is 22.4 Å². The van der Waals surface area contributed by atoms with E-state index in [1.165, 1.54) is 30.3 Å². The molecule has 0 bridgehead atoms. The normalized spacial score (nSPS) is 22.9. The van der Waals surface area contributed by atoms with Crippen molar-refractivity contribution in [3.8, 4) is 11.3 Å². The maximum atomic E-state index is 14.5. The number of carboxylic acids is 1. The molecule has 8 nitrogen and oxygen atoms in total. The van der Waals surface area contributed by atoms with Crippen molar-refractivity contribution < 1.29 is 32.4 Å². The van der Waals surface area contributed by atoms with Gasteiger partial charge in [-0.15, -0.1) is 0 Å². The van der Waals surface area contributed by atoms with Crippen LogP contribution in [0.3, 0.4) is 0 Å². The summed E-state index contributed by atoms with van der Waals surface area (Å²) in [5.74, 6) is -1.45. The standard InChI is InChI=1S/C28H25F2N3O5/c29-19-2-1-3-20(30)23(19)24-18(25(38-32-24)15-4-5-15)13-36-17-11-28(12-17)8-9-33(14-28)27-31-21-7-6-16(26(34)35)10-22(21)37-27/h1-3,6-7,10,15,17H,4-5,8-9,11-14H2,(H,34,35). The van der Waals surface area contributed by atoms with Crippen LogP contribution >= 0.6 is 0 Å². The summed E-state index contributed by atoms with van der Waals surface area (Å²) in [6.45, 7) is 1.76. The van der Waals surface area contributed by atoms with Gasteiger partial charge in [-0.3, -0.25) is 0 Å². The molecule has 1 spiro atoms. The molecule has 2 aliphatic carbocycles. The molecule has 1 aliphatic heterocycles. The van der Waals surface area contributed by atoms with E-state index in [4.69, 9.17) is 13.7 Å². The highest BCUT2D eigenvalue weighted by molar-refractivity contribution is 5.92. The number of halogens is 2. The van der Waals surface area contributed by atoms with Gasteiger partial charge in [0.15, 0.2) is 5.58 Å². The first-order valence-electron chi connectivity index (χ1n) is 12.8. The van der Waals surface area contributed by atoms with Crippen LogP contribution in [0.2, 0.25) is 0 Å². The number of ether oxygens (including phenoxy) is 1. The molecule has 1 saturated heterocycles. The Hall–Kier alpha value is -3.79. The van der Waals surface area contributed by atoms with Crippen molar-refractivity contribution in [2.24, 2.45) is 5.41 Å².